The van der Waals surface area contributed by atoms with Crippen molar-refractivity contribution in [3.63, 3.8) is 0 Å². The summed E-state index contributed by atoms with van der Waals surface area (Å²) >= 11 is 1.37. The van der Waals surface area contributed by atoms with Crippen molar-refractivity contribution in [1.82, 2.24) is 0 Å². The van der Waals surface area contributed by atoms with Crippen molar-refractivity contribution in [3.05, 3.63) is 48.0 Å². The molecule has 0 atom stereocenters. The highest BCUT2D eigenvalue weighted by Gasteiger charge is 2.21. The average Bonchev–Trinajstić information content (AvgIpc) is 2.61. The maximum Gasteiger partial charge on any atom is 0.234 e. The van der Waals surface area contributed by atoms with E-state index in [0.29, 0.717) is 17.1 Å². The van der Waals surface area contributed by atoms with E-state index < -0.39 is 9.84 Å². The van der Waals surface area contributed by atoms with E-state index in [1.807, 2.05) is 19.1 Å². The van der Waals surface area contributed by atoms with E-state index in [0.717, 1.165) is 10.5 Å². The Morgan fingerprint density at radius 2 is 2.00 bits per heavy atom. The maximum absolute atomic E-state index is 12.5. The molecule has 0 bridgehead atoms. The highest BCUT2D eigenvalue weighted by atomic mass is 32.2. The molecule has 0 aliphatic carbocycles. The number of carbonyl (C=O) groups is 2. The second-order valence-corrected chi connectivity index (χ2v) is 9.05. The Morgan fingerprint density at radius 1 is 1.23 bits per heavy atom. The summed E-state index contributed by atoms with van der Waals surface area (Å²) in [5, 5.41) is 5.40. The molecule has 2 N–H and O–H groups in total. The fraction of sp³-hybridized carbons (Fsp3) is 0.222. The Bertz CT molecular complexity index is 971. The van der Waals surface area contributed by atoms with E-state index in [1.54, 1.807) is 18.2 Å². The lowest BCUT2D eigenvalue weighted by atomic mass is 10.2. The number of fused-ring (bicyclic) bond motifs is 1. The first-order valence-corrected chi connectivity index (χ1v) is 10.6. The molecule has 3 rings (SSSR count). The second kappa shape index (κ2) is 7.51. The molecule has 0 spiro atoms. The standard InChI is InChI=1S/C18H18N2O4S2/c1-12-4-2-3-5-14(12)19-17(21)8-9-26(23,24)13-6-7-16-15(10-13)20-18(22)11-25-16/h2-7,10H,8-9,11H2,1H3,(H,19,21)(H,20,22). The van der Waals surface area contributed by atoms with Gasteiger partial charge in [0.1, 0.15) is 0 Å². The monoisotopic (exact) mass is 390 g/mol. The van der Waals surface area contributed by atoms with Gasteiger partial charge in [0.05, 0.1) is 22.1 Å². The van der Waals surface area contributed by atoms with Crippen molar-refractivity contribution in [2.45, 2.75) is 23.1 Å². The van der Waals surface area contributed by atoms with Crippen LogP contribution in [0.5, 0.6) is 0 Å². The Balaban J connectivity index is 1.67. The molecule has 6 nitrogen and oxygen atoms in total. The van der Waals surface area contributed by atoms with Crippen LogP contribution in [0.1, 0.15) is 12.0 Å². The van der Waals surface area contributed by atoms with Crippen molar-refractivity contribution in [1.29, 1.82) is 0 Å². The second-order valence-electron chi connectivity index (χ2n) is 5.93. The lowest BCUT2D eigenvalue weighted by Gasteiger charge is -2.17. The minimum Gasteiger partial charge on any atom is -0.326 e. The molecule has 1 aliphatic heterocycles. The van der Waals surface area contributed by atoms with Crippen LogP contribution in [0.2, 0.25) is 0 Å². The number of amides is 2. The van der Waals surface area contributed by atoms with Crippen LogP contribution >= 0.6 is 11.8 Å². The topological polar surface area (TPSA) is 92.3 Å². The molecule has 2 aromatic rings. The predicted octanol–water partition coefficient (Wildman–Crippen LogP) is 2.84. The van der Waals surface area contributed by atoms with Gasteiger partial charge in [-0.25, -0.2) is 8.42 Å². The zero-order valence-electron chi connectivity index (χ0n) is 14.1. The van der Waals surface area contributed by atoms with Crippen LogP contribution in [0.25, 0.3) is 0 Å². The molecule has 8 heteroatoms. The summed E-state index contributed by atoms with van der Waals surface area (Å²) < 4.78 is 25.0. The number of anilines is 2. The van der Waals surface area contributed by atoms with Gasteiger partial charge in [0.2, 0.25) is 11.8 Å². The minimum atomic E-state index is -3.63. The molecule has 0 aromatic heterocycles. The third-order valence-electron chi connectivity index (χ3n) is 3.96. The highest BCUT2D eigenvalue weighted by Crippen LogP contribution is 2.33. The molecule has 1 heterocycles. The van der Waals surface area contributed by atoms with Crippen LogP contribution in [0, 0.1) is 6.92 Å². The van der Waals surface area contributed by atoms with Gasteiger partial charge in [-0.05, 0) is 36.8 Å². The van der Waals surface area contributed by atoms with E-state index in [-0.39, 0.29) is 28.9 Å². The SMILES string of the molecule is Cc1ccccc1NC(=O)CCS(=O)(=O)c1ccc2c(c1)NC(=O)CS2. The first-order chi connectivity index (χ1) is 12.3. The molecule has 136 valence electrons. The van der Waals surface area contributed by atoms with Crippen LogP contribution < -0.4 is 10.6 Å². The van der Waals surface area contributed by atoms with Crippen LogP contribution in [0.15, 0.2) is 52.3 Å². The van der Waals surface area contributed by atoms with Gasteiger partial charge < -0.3 is 10.6 Å². The van der Waals surface area contributed by atoms with E-state index in [4.69, 9.17) is 0 Å². The van der Waals surface area contributed by atoms with Crippen LogP contribution in [-0.4, -0.2) is 31.7 Å². The average molecular weight is 390 g/mol. The Kier molecular flexibility index (Phi) is 5.33. The summed E-state index contributed by atoms with van der Waals surface area (Å²) in [7, 11) is -3.63. The molecule has 0 radical (unpaired) electrons. The normalized spacial score (nSPS) is 13.7. The van der Waals surface area contributed by atoms with Gasteiger partial charge in [-0.3, -0.25) is 9.59 Å². The number of hydrogen-bond acceptors (Lipinski definition) is 5. The molecule has 0 saturated heterocycles. The lowest BCUT2D eigenvalue weighted by molar-refractivity contribution is -0.116. The number of para-hydroxylation sites is 1. The number of hydrogen-bond donors (Lipinski definition) is 2. The largest absolute Gasteiger partial charge is 0.326 e. The first-order valence-electron chi connectivity index (χ1n) is 8.00. The van der Waals surface area contributed by atoms with E-state index in [1.165, 1.54) is 23.9 Å². The van der Waals surface area contributed by atoms with Gasteiger partial charge in [0.25, 0.3) is 0 Å². The number of aryl methyl sites for hydroxylation is 1. The van der Waals surface area contributed by atoms with E-state index in [9.17, 15) is 18.0 Å². The molecule has 2 aromatic carbocycles. The van der Waals surface area contributed by atoms with Gasteiger partial charge >= 0.3 is 0 Å². The summed E-state index contributed by atoms with van der Waals surface area (Å²) in [6, 6.07) is 11.9. The van der Waals surface area contributed by atoms with Crippen molar-refractivity contribution in [2.75, 3.05) is 22.1 Å². The predicted molar refractivity (Wildman–Crippen MR) is 102 cm³/mol. The fourth-order valence-corrected chi connectivity index (χ4v) is 4.58. The third-order valence-corrected chi connectivity index (χ3v) is 6.75. The van der Waals surface area contributed by atoms with E-state index >= 15 is 0 Å². The number of thioether (sulfide) groups is 1. The minimum absolute atomic E-state index is 0.0998. The molecule has 26 heavy (non-hydrogen) atoms. The highest BCUT2D eigenvalue weighted by molar-refractivity contribution is 8.00. The maximum atomic E-state index is 12.5. The number of carbonyl (C=O) groups excluding carboxylic acids is 2. The zero-order valence-corrected chi connectivity index (χ0v) is 15.7. The molecule has 2 amide bonds. The van der Waals surface area contributed by atoms with Gasteiger partial charge in [-0.15, -0.1) is 11.8 Å². The first kappa shape index (κ1) is 18.5. The van der Waals surface area contributed by atoms with Crippen molar-refractivity contribution < 1.29 is 18.0 Å². The quantitative estimate of drug-likeness (QED) is 0.819. The Morgan fingerprint density at radius 3 is 2.77 bits per heavy atom. The van der Waals surface area contributed by atoms with Crippen molar-refractivity contribution in [3.8, 4) is 0 Å². The molecular weight excluding hydrogens is 372 g/mol. The van der Waals surface area contributed by atoms with Gasteiger partial charge in [-0.2, -0.15) is 0 Å². The van der Waals surface area contributed by atoms with Gasteiger partial charge in [0.15, 0.2) is 9.84 Å². The van der Waals surface area contributed by atoms with Crippen LogP contribution in [0.4, 0.5) is 11.4 Å². The number of benzene rings is 2. The summed E-state index contributed by atoms with van der Waals surface area (Å²) in [5.41, 5.74) is 2.08. The molecule has 0 unspecified atom stereocenters. The third kappa shape index (κ3) is 4.25. The molecular formula is C18H18N2O4S2. The zero-order chi connectivity index (χ0) is 18.7. The number of nitrogens with one attached hydrogen (secondary N) is 2. The summed E-state index contributed by atoms with van der Waals surface area (Å²) in [4.78, 5) is 24.5. The molecule has 0 fully saturated rings. The van der Waals surface area contributed by atoms with Crippen LogP contribution in [-0.2, 0) is 19.4 Å². The fourth-order valence-electron chi connectivity index (χ4n) is 2.53. The summed E-state index contributed by atoms with van der Waals surface area (Å²) in [6.07, 6.45) is -0.144. The Hall–Kier alpha value is -2.32. The van der Waals surface area contributed by atoms with Gasteiger partial charge in [0, 0.05) is 17.0 Å². The van der Waals surface area contributed by atoms with Gasteiger partial charge in [-0.1, -0.05) is 18.2 Å². The number of sulfone groups is 1. The molecule has 1 aliphatic rings. The molecule has 0 saturated carbocycles. The van der Waals surface area contributed by atoms with Crippen molar-refractivity contribution >= 4 is 44.8 Å². The van der Waals surface area contributed by atoms with E-state index in [2.05, 4.69) is 10.6 Å². The summed E-state index contributed by atoms with van der Waals surface area (Å²) in [6.45, 7) is 1.87. The summed E-state index contributed by atoms with van der Waals surface area (Å²) in [5.74, 6) is -0.498. The Labute approximate surface area is 156 Å². The smallest absolute Gasteiger partial charge is 0.234 e. The van der Waals surface area contributed by atoms with Crippen LogP contribution in [0.3, 0.4) is 0 Å². The van der Waals surface area contributed by atoms with Crippen molar-refractivity contribution in [2.24, 2.45) is 0 Å². The number of rotatable bonds is 5. The lowest BCUT2D eigenvalue weighted by Crippen LogP contribution is -2.20.